The van der Waals surface area contributed by atoms with Gasteiger partial charge in [-0.2, -0.15) is 0 Å². The summed E-state index contributed by atoms with van der Waals surface area (Å²) in [4.78, 5) is 5.33. The molecule has 0 amide bonds. The van der Waals surface area contributed by atoms with Crippen molar-refractivity contribution in [2.75, 3.05) is 26.2 Å². The largest absolute Gasteiger partial charge is 0.288 e. The van der Waals surface area contributed by atoms with Crippen molar-refractivity contribution >= 4 is 9.52 Å². The lowest BCUT2D eigenvalue weighted by Gasteiger charge is -2.39. The van der Waals surface area contributed by atoms with E-state index in [2.05, 4.69) is 49.8 Å². The molecule has 0 heterocycles. The predicted octanol–water partition coefficient (Wildman–Crippen LogP) is 2.90. The first-order valence-electron chi connectivity index (χ1n) is 7.83. The van der Waals surface area contributed by atoms with E-state index in [4.69, 9.17) is 0 Å². The topological polar surface area (TPSA) is 6.48 Å². The molecule has 0 aromatic rings. The minimum absolute atomic E-state index is 0.0177. The standard InChI is InChI=1S/C15H34N2Si/c1-6-12-16(8-3)15(11-14-18-10-5)17(9-4)13-7-2/h10,15H,5-9,11-14,18H2,1-4H3. The summed E-state index contributed by atoms with van der Waals surface area (Å²) < 4.78 is 0. The van der Waals surface area contributed by atoms with E-state index in [1.54, 1.807) is 0 Å². The molecule has 18 heavy (non-hydrogen) atoms. The van der Waals surface area contributed by atoms with E-state index in [0.29, 0.717) is 6.17 Å². The molecule has 0 N–H and O–H groups in total. The fourth-order valence-corrected chi connectivity index (χ4v) is 3.54. The van der Waals surface area contributed by atoms with Crippen LogP contribution in [0.3, 0.4) is 0 Å². The van der Waals surface area contributed by atoms with Crippen molar-refractivity contribution in [3.8, 4) is 0 Å². The van der Waals surface area contributed by atoms with Crippen molar-refractivity contribution in [1.29, 1.82) is 0 Å². The normalized spacial score (nSPS) is 12.4. The lowest BCUT2D eigenvalue weighted by atomic mass is 10.2. The summed E-state index contributed by atoms with van der Waals surface area (Å²) in [7, 11) is -0.0177. The van der Waals surface area contributed by atoms with E-state index in [9.17, 15) is 0 Å². The third-order valence-corrected chi connectivity index (χ3v) is 4.77. The average Bonchev–Trinajstić information content (AvgIpc) is 2.39. The third-order valence-electron chi connectivity index (χ3n) is 3.55. The van der Waals surface area contributed by atoms with Crippen LogP contribution in [0.5, 0.6) is 0 Å². The van der Waals surface area contributed by atoms with Crippen molar-refractivity contribution in [3.63, 3.8) is 0 Å². The van der Waals surface area contributed by atoms with Crippen molar-refractivity contribution in [1.82, 2.24) is 9.80 Å². The van der Waals surface area contributed by atoms with Crippen LogP contribution in [0.1, 0.15) is 47.0 Å². The molecule has 3 heteroatoms. The Kier molecular flexibility index (Phi) is 11.9. The predicted molar refractivity (Wildman–Crippen MR) is 87.0 cm³/mol. The lowest BCUT2D eigenvalue weighted by molar-refractivity contribution is 0.0460. The van der Waals surface area contributed by atoms with E-state index >= 15 is 0 Å². The lowest BCUT2D eigenvalue weighted by Crippen LogP contribution is -2.49. The Balaban J connectivity index is 4.58. The van der Waals surface area contributed by atoms with Crippen LogP contribution in [-0.4, -0.2) is 51.7 Å². The monoisotopic (exact) mass is 270 g/mol. The molecule has 0 atom stereocenters. The van der Waals surface area contributed by atoms with Gasteiger partial charge in [0.25, 0.3) is 0 Å². The quantitative estimate of drug-likeness (QED) is 0.306. The number of hydrogen-bond donors (Lipinski definition) is 0. The van der Waals surface area contributed by atoms with Gasteiger partial charge in [0, 0.05) is 9.52 Å². The molecule has 0 radical (unpaired) electrons. The van der Waals surface area contributed by atoms with Crippen molar-refractivity contribution < 1.29 is 0 Å². The van der Waals surface area contributed by atoms with Gasteiger partial charge in [0.15, 0.2) is 0 Å². The maximum Gasteiger partial charge on any atom is 0.0619 e. The first-order chi connectivity index (χ1) is 8.74. The summed E-state index contributed by atoms with van der Waals surface area (Å²) in [5.41, 5.74) is 2.18. The first-order valence-corrected chi connectivity index (χ1v) is 9.65. The van der Waals surface area contributed by atoms with Crippen molar-refractivity contribution in [2.24, 2.45) is 0 Å². The second-order valence-corrected chi connectivity index (χ2v) is 6.82. The molecular weight excluding hydrogens is 236 g/mol. The Hall–Kier alpha value is -0.123. The zero-order valence-electron chi connectivity index (χ0n) is 13.1. The summed E-state index contributed by atoms with van der Waals surface area (Å²) in [6, 6.07) is 1.40. The average molecular weight is 271 g/mol. The molecule has 0 bridgehead atoms. The molecule has 0 saturated carbocycles. The Morgan fingerprint density at radius 1 is 1.00 bits per heavy atom. The van der Waals surface area contributed by atoms with Gasteiger partial charge < -0.3 is 0 Å². The number of nitrogens with zero attached hydrogens (tertiary/aromatic N) is 2. The summed E-state index contributed by atoms with van der Waals surface area (Å²) in [5.74, 6) is 0. The SMILES string of the molecule is C=C[SiH2]CCC(N(CC)CCC)N(CC)CCC. The van der Waals surface area contributed by atoms with Crippen LogP contribution in [0.4, 0.5) is 0 Å². The van der Waals surface area contributed by atoms with Crippen LogP contribution in [0, 0.1) is 0 Å². The fourth-order valence-electron chi connectivity index (χ4n) is 2.65. The summed E-state index contributed by atoms with van der Waals surface area (Å²) >= 11 is 0. The summed E-state index contributed by atoms with van der Waals surface area (Å²) in [6.07, 6.45) is 4.51. The molecule has 0 aromatic heterocycles. The zero-order valence-corrected chi connectivity index (χ0v) is 14.5. The highest BCUT2D eigenvalue weighted by molar-refractivity contribution is 6.41. The molecule has 0 aliphatic heterocycles. The van der Waals surface area contributed by atoms with Crippen LogP contribution in [-0.2, 0) is 0 Å². The summed E-state index contributed by atoms with van der Waals surface area (Å²) in [6.45, 7) is 17.9. The van der Waals surface area contributed by atoms with Gasteiger partial charge >= 0.3 is 0 Å². The van der Waals surface area contributed by atoms with Gasteiger partial charge in [-0.15, -0.1) is 12.3 Å². The number of hydrogen-bond acceptors (Lipinski definition) is 2. The van der Waals surface area contributed by atoms with Gasteiger partial charge in [0.1, 0.15) is 0 Å². The fraction of sp³-hybridized carbons (Fsp3) is 0.867. The van der Waals surface area contributed by atoms with E-state index < -0.39 is 0 Å². The van der Waals surface area contributed by atoms with Crippen LogP contribution < -0.4 is 0 Å². The van der Waals surface area contributed by atoms with E-state index in [-0.39, 0.29) is 9.52 Å². The molecule has 0 saturated heterocycles. The highest BCUT2D eigenvalue weighted by Crippen LogP contribution is 2.14. The van der Waals surface area contributed by atoms with Gasteiger partial charge in [-0.3, -0.25) is 9.80 Å². The highest BCUT2D eigenvalue weighted by Gasteiger charge is 2.21. The molecule has 2 nitrogen and oxygen atoms in total. The molecule has 0 unspecified atom stereocenters. The number of rotatable bonds is 12. The minimum Gasteiger partial charge on any atom is -0.288 e. The summed E-state index contributed by atoms with van der Waals surface area (Å²) in [5, 5.41) is 0. The Morgan fingerprint density at radius 2 is 1.50 bits per heavy atom. The van der Waals surface area contributed by atoms with Crippen LogP contribution in [0.25, 0.3) is 0 Å². The Labute approximate surface area is 117 Å². The Bertz CT molecular complexity index is 183. The van der Waals surface area contributed by atoms with E-state index in [0.717, 1.165) is 0 Å². The van der Waals surface area contributed by atoms with Gasteiger partial charge in [0.05, 0.1) is 6.17 Å². The molecular formula is C15H34N2Si. The van der Waals surface area contributed by atoms with Crippen LogP contribution in [0.2, 0.25) is 6.04 Å². The van der Waals surface area contributed by atoms with E-state index in [1.807, 2.05) is 0 Å². The second kappa shape index (κ2) is 11.9. The Morgan fingerprint density at radius 3 is 1.83 bits per heavy atom. The first kappa shape index (κ1) is 17.9. The molecule has 0 rings (SSSR count). The smallest absolute Gasteiger partial charge is 0.0619 e. The van der Waals surface area contributed by atoms with Gasteiger partial charge in [-0.1, -0.05) is 33.7 Å². The van der Waals surface area contributed by atoms with Gasteiger partial charge in [0.2, 0.25) is 0 Å². The van der Waals surface area contributed by atoms with E-state index in [1.165, 1.54) is 51.5 Å². The molecule has 0 spiro atoms. The minimum atomic E-state index is -0.0177. The second-order valence-electron chi connectivity index (χ2n) is 4.96. The molecule has 0 fully saturated rings. The van der Waals surface area contributed by atoms with Crippen LogP contribution >= 0.6 is 0 Å². The maximum atomic E-state index is 3.89. The third kappa shape index (κ3) is 6.71. The zero-order chi connectivity index (χ0) is 13.8. The molecule has 108 valence electrons. The highest BCUT2D eigenvalue weighted by atomic mass is 28.2. The maximum absolute atomic E-state index is 3.89. The molecule has 0 aliphatic rings. The van der Waals surface area contributed by atoms with Gasteiger partial charge in [-0.05, 0) is 45.4 Å². The molecule has 0 aromatic carbocycles. The van der Waals surface area contributed by atoms with Crippen molar-refractivity contribution in [3.05, 3.63) is 12.3 Å². The van der Waals surface area contributed by atoms with Gasteiger partial charge in [-0.25, -0.2) is 0 Å². The molecule has 0 aliphatic carbocycles. The van der Waals surface area contributed by atoms with Crippen molar-refractivity contribution in [2.45, 2.75) is 59.2 Å². The van der Waals surface area contributed by atoms with Crippen LogP contribution in [0.15, 0.2) is 12.3 Å².